The van der Waals surface area contributed by atoms with Gasteiger partial charge in [-0.15, -0.1) is 0 Å². The molecule has 2 aromatic carbocycles. The van der Waals surface area contributed by atoms with E-state index in [0.717, 1.165) is 23.4 Å². The monoisotopic (exact) mass is 346 g/mol. The van der Waals surface area contributed by atoms with Crippen LogP contribution in [0.25, 0.3) is 0 Å². The van der Waals surface area contributed by atoms with Crippen LogP contribution in [0.4, 0.5) is 10.1 Å². The number of hydrogen-bond acceptors (Lipinski definition) is 2. The van der Waals surface area contributed by atoms with Gasteiger partial charge in [0.25, 0.3) is 5.91 Å². The molecule has 1 saturated heterocycles. The van der Waals surface area contributed by atoms with Crippen LogP contribution < -0.4 is 4.90 Å². The number of benzene rings is 2. The Morgan fingerprint density at radius 3 is 2.46 bits per heavy atom. The van der Waals surface area contributed by atoms with Gasteiger partial charge in [-0.1, -0.05) is 29.3 Å². The molecule has 0 bridgehead atoms. The summed E-state index contributed by atoms with van der Waals surface area (Å²) in [5, 5.41) is 0.156. The molecule has 0 aliphatic carbocycles. The Bertz CT molecular complexity index is 772. The van der Waals surface area contributed by atoms with Crippen molar-refractivity contribution in [2.75, 3.05) is 24.5 Å². The second-order valence-corrected chi connectivity index (χ2v) is 6.20. The van der Waals surface area contributed by atoms with E-state index in [9.17, 15) is 14.0 Å². The van der Waals surface area contributed by atoms with Crippen molar-refractivity contribution in [1.29, 1.82) is 0 Å². The van der Waals surface area contributed by atoms with Gasteiger partial charge in [-0.3, -0.25) is 9.59 Å². The number of hydrogen-bond donors (Lipinski definition) is 0. The number of piperazine rings is 1. The molecule has 0 spiro atoms. The van der Waals surface area contributed by atoms with Gasteiger partial charge in [0.2, 0.25) is 5.91 Å². The number of rotatable bonds is 2. The highest BCUT2D eigenvalue weighted by molar-refractivity contribution is 6.31. The molecule has 0 saturated carbocycles. The highest BCUT2D eigenvalue weighted by Gasteiger charge is 2.28. The summed E-state index contributed by atoms with van der Waals surface area (Å²) in [7, 11) is 0. The maximum atomic E-state index is 13.4. The van der Waals surface area contributed by atoms with E-state index >= 15 is 0 Å². The van der Waals surface area contributed by atoms with Crippen molar-refractivity contribution < 1.29 is 14.0 Å². The van der Waals surface area contributed by atoms with Gasteiger partial charge in [-0.25, -0.2) is 4.39 Å². The maximum absolute atomic E-state index is 13.4. The van der Waals surface area contributed by atoms with Gasteiger partial charge >= 0.3 is 0 Å². The van der Waals surface area contributed by atoms with Crippen molar-refractivity contribution in [3.8, 4) is 0 Å². The second kappa shape index (κ2) is 6.61. The molecular weight excluding hydrogens is 331 g/mol. The fourth-order valence-corrected chi connectivity index (χ4v) is 2.93. The van der Waals surface area contributed by atoms with Gasteiger partial charge in [0.05, 0.1) is 0 Å². The number of carbonyl (C=O) groups is 2. The van der Waals surface area contributed by atoms with E-state index in [1.54, 1.807) is 4.90 Å². The minimum absolute atomic E-state index is 0.0408. The summed E-state index contributed by atoms with van der Waals surface area (Å²) in [6.07, 6.45) is 0. The lowest BCUT2D eigenvalue weighted by Gasteiger charge is -2.34. The molecule has 6 heteroatoms. The zero-order valence-electron chi connectivity index (χ0n) is 13.1. The molecule has 2 aromatic rings. The molecule has 1 fully saturated rings. The lowest BCUT2D eigenvalue weighted by molar-refractivity contribution is -0.120. The van der Waals surface area contributed by atoms with Crippen LogP contribution in [0.15, 0.2) is 42.5 Å². The van der Waals surface area contributed by atoms with E-state index in [0.29, 0.717) is 13.1 Å². The highest BCUT2D eigenvalue weighted by Crippen LogP contribution is 2.20. The molecule has 0 atom stereocenters. The molecule has 4 nitrogen and oxygen atoms in total. The van der Waals surface area contributed by atoms with Gasteiger partial charge in [-0.2, -0.15) is 0 Å². The molecule has 1 aliphatic rings. The predicted molar refractivity (Wildman–Crippen MR) is 90.8 cm³/mol. The molecular formula is C18H16ClFN2O2. The van der Waals surface area contributed by atoms with Crippen LogP contribution in [0.2, 0.25) is 5.02 Å². The minimum atomic E-state index is -0.574. The van der Waals surface area contributed by atoms with Gasteiger partial charge in [-0.05, 0) is 37.3 Å². The molecule has 1 heterocycles. The Labute approximate surface area is 144 Å². The van der Waals surface area contributed by atoms with Crippen LogP contribution in [0.5, 0.6) is 0 Å². The van der Waals surface area contributed by atoms with Gasteiger partial charge in [0, 0.05) is 29.4 Å². The van der Waals surface area contributed by atoms with E-state index < -0.39 is 11.7 Å². The van der Waals surface area contributed by atoms with Crippen LogP contribution in [-0.4, -0.2) is 36.3 Å². The first-order chi connectivity index (χ1) is 11.4. The summed E-state index contributed by atoms with van der Waals surface area (Å²) in [5.74, 6) is -1.13. The Kier molecular flexibility index (Phi) is 4.53. The lowest BCUT2D eigenvalue weighted by atomic mass is 10.1. The van der Waals surface area contributed by atoms with Crippen molar-refractivity contribution in [3.05, 3.63) is 64.4 Å². The number of halogens is 2. The fraction of sp³-hybridized carbons (Fsp3) is 0.222. The smallest absolute Gasteiger partial charge is 0.254 e. The minimum Gasteiger partial charge on any atom is -0.328 e. The SMILES string of the molecule is Cc1ccc(N2CCN(C(=O)c3cc(F)cc(Cl)c3)CC2=O)cc1. The summed E-state index contributed by atoms with van der Waals surface area (Å²) in [6, 6.07) is 11.3. The van der Waals surface area contributed by atoms with Crippen molar-refractivity contribution >= 4 is 29.1 Å². The Balaban J connectivity index is 1.74. The summed E-state index contributed by atoms with van der Waals surface area (Å²) >= 11 is 5.79. The third-order valence-corrected chi connectivity index (χ3v) is 4.18. The third-order valence-electron chi connectivity index (χ3n) is 3.96. The number of anilines is 1. The van der Waals surface area contributed by atoms with Crippen molar-refractivity contribution in [2.24, 2.45) is 0 Å². The first-order valence-electron chi connectivity index (χ1n) is 7.56. The first-order valence-corrected chi connectivity index (χ1v) is 7.94. The van der Waals surface area contributed by atoms with Crippen molar-refractivity contribution in [3.63, 3.8) is 0 Å². The zero-order chi connectivity index (χ0) is 17.3. The number of aryl methyl sites for hydroxylation is 1. The lowest BCUT2D eigenvalue weighted by Crippen LogP contribution is -2.52. The average Bonchev–Trinajstić information content (AvgIpc) is 2.54. The quantitative estimate of drug-likeness (QED) is 0.837. The molecule has 0 N–H and O–H groups in total. The topological polar surface area (TPSA) is 40.6 Å². The first kappa shape index (κ1) is 16.5. The summed E-state index contributed by atoms with van der Waals surface area (Å²) < 4.78 is 13.4. The molecule has 3 rings (SSSR count). The Morgan fingerprint density at radius 1 is 1.12 bits per heavy atom. The molecule has 0 unspecified atom stereocenters. The fourth-order valence-electron chi connectivity index (χ4n) is 2.70. The number of carbonyl (C=O) groups excluding carboxylic acids is 2. The van der Waals surface area contributed by atoms with Gasteiger partial charge in [0.1, 0.15) is 12.4 Å². The van der Waals surface area contributed by atoms with E-state index in [-0.39, 0.29) is 23.0 Å². The van der Waals surface area contributed by atoms with Crippen LogP contribution >= 0.6 is 11.6 Å². The van der Waals surface area contributed by atoms with Gasteiger partial charge in [0.15, 0.2) is 0 Å². The van der Waals surface area contributed by atoms with Crippen molar-refractivity contribution in [1.82, 2.24) is 4.90 Å². The summed E-state index contributed by atoms with van der Waals surface area (Å²) in [5.41, 5.74) is 2.08. The van der Waals surface area contributed by atoms with Crippen LogP contribution in [0.1, 0.15) is 15.9 Å². The summed E-state index contributed by atoms with van der Waals surface area (Å²) in [6.45, 7) is 2.72. The Hall–Kier alpha value is -2.40. The standard InChI is InChI=1S/C18H16ClFN2O2/c1-12-2-4-16(5-3-12)22-7-6-21(11-17(22)23)18(24)13-8-14(19)10-15(20)9-13/h2-5,8-10H,6-7,11H2,1H3. The highest BCUT2D eigenvalue weighted by atomic mass is 35.5. The average molecular weight is 347 g/mol. The molecule has 2 amide bonds. The van der Waals surface area contributed by atoms with Crippen molar-refractivity contribution in [2.45, 2.75) is 6.92 Å². The molecule has 24 heavy (non-hydrogen) atoms. The van der Waals surface area contributed by atoms with Crippen LogP contribution in [-0.2, 0) is 4.79 Å². The predicted octanol–water partition coefficient (Wildman–Crippen LogP) is 3.28. The van der Waals surface area contributed by atoms with Gasteiger partial charge < -0.3 is 9.80 Å². The number of nitrogens with zero attached hydrogens (tertiary/aromatic N) is 2. The molecule has 0 aromatic heterocycles. The summed E-state index contributed by atoms with van der Waals surface area (Å²) in [4.78, 5) is 27.9. The maximum Gasteiger partial charge on any atom is 0.254 e. The third kappa shape index (κ3) is 3.41. The van der Waals surface area contributed by atoms with E-state index in [2.05, 4.69) is 0 Å². The zero-order valence-corrected chi connectivity index (χ0v) is 13.9. The van der Waals surface area contributed by atoms with Crippen LogP contribution in [0, 0.1) is 12.7 Å². The van der Waals surface area contributed by atoms with E-state index in [4.69, 9.17) is 11.6 Å². The largest absolute Gasteiger partial charge is 0.328 e. The Morgan fingerprint density at radius 2 is 1.83 bits per heavy atom. The number of amides is 2. The molecule has 0 radical (unpaired) electrons. The molecule has 124 valence electrons. The normalized spacial score (nSPS) is 14.9. The second-order valence-electron chi connectivity index (χ2n) is 5.77. The van der Waals surface area contributed by atoms with Crippen LogP contribution in [0.3, 0.4) is 0 Å². The van der Waals surface area contributed by atoms with E-state index in [1.165, 1.54) is 11.0 Å². The van der Waals surface area contributed by atoms with E-state index in [1.807, 2.05) is 31.2 Å². The molecule has 1 aliphatic heterocycles.